The molecule has 5 rings (SSSR count). The summed E-state index contributed by atoms with van der Waals surface area (Å²) in [7, 11) is 1.50. The van der Waals surface area contributed by atoms with Crippen LogP contribution in [0.2, 0.25) is 0 Å². The molecule has 9 heteroatoms. The van der Waals surface area contributed by atoms with Gasteiger partial charge in [-0.05, 0) is 70.0 Å². The Labute approximate surface area is 231 Å². The number of methoxy groups -OCH3 is 1. The third kappa shape index (κ3) is 5.51. The number of halogens is 2. The number of likely N-dealkylation sites (tertiary alicyclic amines) is 1. The number of nitrogens with one attached hydrogen (secondary N) is 2. The van der Waals surface area contributed by atoms with Crippen molar-refractivity contribution in [1.82, 2.24) is 19.8 Å². The van der Waals surface area contributed by atoms with Gasteiger partial charge >= 0.3 is 0 Å². The van der Waals surface area contributed by atoms with E-state index in [1.165, 1.54) is 25.3 Å². The molecule has 2 aromatic heterocycles. The third-order valence-electron chi connectivity index (χ3n) is 7.92. The highest BCUT2D eigenvalue weighted by atomic mass is 19.1. The normalized spacial score (nSPS) is 14.5. The van der Waals surface area contributed by atoms with Gasteiger partial charge in [0.25, 0.3) is 11.5 Å². The van der Waals surface area contributed by atoms with Crippen LogP contribution in [-0.4, -0.2) is 40.6 Å². The Kier molecular flexibility index (Phi) is 8.02. The largest absolute Gasteiger partial charge is 0.496 e. The standard InChI is InChI=1S/C31H34F2N4O3/c1-19-15-28(40-3)23(30(38)35-19)16-34-31(39)29-20(2)37(27-10-5-4-7-22(27)29)17-21-11-13-36(14-12-21)18-24-25(32)8-6-9-26(24)33/h4-10,15,21H,11-14,16-18H2,1-3H3,(H,34,39)(H,35,38). The van der Waals surface area contributed by atoms with E-state index >= 15 is 0 Å². The average Bonchev–Trinajstić information content (AvgIpc) is 3.21. The van der Waals surface area contributed by atoms with Crippen LogP contribution in [-0.2, 0) is 19.6 Å². The lowest BCUT2D eigenvalue weighted by Gasteiger charge is -2.32. The van der Waals surface area contributed by atoms with Crippen LogP contribution < -0.4 is 15.6 Å². The van der Waals surface area contributed by atoms with Crippen LogP contribution in [0.5, 0.6) is 5.75 Å². The zero-order chi connectivity index (χ0) is 28.4. The second-order valence-corrected chi connectivity index (χ2v) is 10.5. The van der Waals surface area contributed by atoms with Crippen LogP contribution in [0.4, 0.5) is 8.78 Å². The van der Waals surface area contributed by atoms with Gasteiger partial charge in [-0.3, -0.25) is 14.5 Å². The van der Waals surface area contributed by atoms with Crippen molar-refractivity contribution in [2.45, 2.75) is 46.3 Å². The van der Waals surface area contributed by atoms with Crippen LogP contribution in [0.15, 0.2) is 53.3 Å². The van der Waals surface area contributed by atoms with Gasteiger partial charge in [0.15, 0.2) is 0 Å². The van der Waals surface area contributed by atoms with Crippen molar-refractivity contribution in [2.24, 2.45) is 5.92 Å². The zero-order valence-electron chi connectivity index (χ0n) is 23.0. The zero-order valence-corrected chi connectivity index (χ0v) is 23.0. The molecule has 1 fully saturated rings. The monoisotopic (exact) mass is 548 g/mol. The second-order valence-electron chi connectivity index (χ2n) is 10.5. The molecule has 1 saturated heterocycles. The summed E-state index contributed by atoms with van der Waals surface area (Å²) in [5, 5.41) is 3.77. The molecule has 1 amide bonds. The molecule has 1 aliphatic heterocycles. The number of pyridine rings is 1. The second kappa shape index (κ2) is 11.6. The van der Waals surface area contributed by atoms with E-state index < -0.39 is 11.6 Å². The molecule has 210 valence electrons. The minimum atomic E-state index is -0.507. The predicted molar refractivity (Wildman–Crippen MR) is 151 cm³/mol. The number of para-hydroxylation sites is 1. The molecule has 1 aliphatic rings. The number of H-pyrrole nitrogens is 1. The number of aromatic amines is 1. The van der Waals surface area contributed by atoms with Gasteiger partial charge in [-0.2, -0.15) is 0 Å². The summed E-state index contributed by atoms with van der Waals surface area (Å²) in [5.41, 5.74) is 3.30. The van der Waals surface area contributed by atoms with E-state index in [0.717, 1.165) is 49.1 Å². The molecule has 0 bridgehead atoms. The van der Waals surface area contributed by atoms with E-state index in [2.05, 4.69) is 19.8 Å². The Morgan fingerprint density at radius 2 is 1.75 bits per heavy atom. The van der Waals surface area contributed by atoms with E-state index in [4.69, 9.17) is 4.74 Å². The van der Waals surface area contributed by atoms with Crippen molar-refractivity contribution in [1.29, 1.82) is 0 Å². The van der Waals surface area contributed by atoms with E-state index in [0.29, 0.717) is 28.5 Å². The molecule has 2 N–H and O–H groups in total. The number of carbonyl (C=O) groups excluding carboxylic acids is 1. The van der Waals surface area contributed by atoms with Crippen LogP contribution >= 0.6 is 0 Å². The van der Waals surface area contributed by atoms with Gasteiger partial charge in [-0.25, -0.2) is 8.78 Å². The minimum Gasteiger partial charge on any atom is -0.496 e. The van der Waals surface area contributed by atoms with Gasteiger partial charge in [0.05, 0.1) is 24.8 Å². The quantitative estimate of drug-likeness (QED) is 0.322. The maximum atomic E-state index is 14.1. The summed E-state index contributed by atoms with van der Waals surface area (Å²) in [6, 6.07) is 13.6. The van der Waals surface area contributed by atoms with Crippen LogP contribution in [0.1, 0.15) is 45.7 Å². The number of amides is 1. The first-order chi connectivity index (χ1) is 19.3. The van der Waals surface area contributed by atoms with Crippen molar-refractivity contribution < 1.29 is 18.3 Å². The van der Waals surface area contributed by atoms with Crippen molar-refractivity contribution in [3.05, 3.63) is 98.6 Å². The van der Waals surface area contributed by atoms with Crippen molar-refractivity contribution in [2.75, 3.05) is 20.2 Å². The van der Waals surface area contributed by atoms with E-state index in [-0.39, 0.29) is 30.1 Å². The number of carbonyl (C=O) groups is 1. The number of nitrogens with zero attached hydrogens (tertiary/aromatic N) is 2. The van der Waals surface area contributed by atoms with Gasteiger partial charge in [0.1, 0.15) is 17.4 Å². The molecule has 3 heterocycles. The molecule has 7 nitrogen and oxygen atoms in total. The highest BCUT2D eigenvalue weighted by molar-refractivity contribution is 6.08. The summed E-state index contributed by atoms with van der Waals surface area (Å²) >= 11 is 0. The van der Waals surface area contributed by atoms with E-state index in [1.807, 2.05) is 31.2 Å². The number of rotatable bonds is 8. The van der Waals surface area contributed by atoms with Gasteiger partial charge < -0.3 is 19.6 Å². The van der Waals surface area contributed by atoms with Crippen molar-refractivity contribution in [3.8, 4) is 5.75 Å². The van der Waals surface area contributed by atoms with Crippen molar-refractivity contribution in [3.63, 3.8) is 0 Å². The van der Waals surface area contributed by atoms with E-state index in [9.17, 15) is 18.4 Å². The first-order valence-electron chi connectivity index (χ1n) is 13.5. The molecule has 0 saturated carbocycles. The van der Waals surface area contributed by atoms with Gasteiger partial charge in [0, 0.05) is 40.9 Å². The first-order valence-corrected chi connectivity index (χ1v) is 13.5. The fourth-order valence-electron chi connectivity index (χ4n) is 5.74. The fraction of sp³-hybridized carbons (Fsp3) is 0.355. The average molecular weight is 549 g/mol. The van der Waals surface area contributed by atoms with Crippen LogP contribution in [0.25, 0.3) is 10.9 Å². The predicted octanol–water partition coefficient (Wildman–Crippen LogP) is 5.08. The minimum absolute atomic E-state index is 0.0393. The van der Waals surface area contributed by atoms with Crippen molar-refractivity contribution >= 4 is 16.8 Å². The third-order valence-corrected chi connectivity index (χ3v) is 7.92. The molecular formula is C31H34F2N4O3. The van der Waals surface area contributed by atoms with Gasteiger partial charge in [0.2, 0.25) is 0 Å². The summed E-state index contributed by atoms with van der Waals surface area (Å²) in [6.07, 6.45) is 1.78. The molecule has 0 atom stereocenters. The SMILES string of the molecule is COc1cc(C)[nH]c(=O)c1CNC(=O)c1c(C)n(CC2CCN(Cc3c(F)cccc3F)CC2)c2ccccc12. The lowest BCUT2D eigenvalue weighted by molar-refractivity contribution is 0.0951. The molecule has 0 radical (unpaired) electrons. The molecule has 0 unspecified atom stereocenters. The number of benzene rings is 2. The number of hydrogen-bond acceptors (Lipinski definition) is 4. The summed E-state index contributed by atoms with van der Waals surface area (Å²) < 4.78 is 35.8. The number of hydrogen-bond donors (Lipinski definition) is 2. The van der Waals surface area contributed by atoms with Crippen LogP contribution in [0.3, 0.4) is 0 Å². The molecular weight excluding hydrogens is 514 g/mol. The number of aromatic nitrogens is 2. The molecule has 0 aliphatic carbocycles. The maximum Gasteiger partial charge on any atom is 0.256 e. The highest BCUT2D eigenvalue weighted by Crippen LogP contribution is 2.30. The lowest BCUT2D eigenvalue weighted by Crippen LogP contribution is -2.35. The molecule has 0 spiro atoms. The van der Waals surface area contributed by atoms with Crippen LogP contribution in [0, 0.1) is 31.4 Å². The van der Waals surface area contributed by atoms with Gasteiger partial charge in [-0.1, -0.05) is 24.3 Å². The lowest BCUT2D eigenvalue weighted by atomic mass is 9.96. The maximum absolute atomic E-state index is 14.1. The Morgan fingerprint density at radius 3 is 2.45 bits per heavy atom. The summed E-state index contributed by atoms with van der Waals surface area (Å²) in [5.74, 6) is -0.468. The number of ether oxygens (including phenoxy) is 1. The fourth-order valence-corrected chi connectivity index (χ4v) is 5.74. The van der Waals surface area contributed by atoms with E-state index in [1.54, 1.807) is 13.0 Å². The highest BCUT2D eigenvalue weighted by Gasteiger charge is 2.25. The Hall–Kier alpha value is -3.98. The summed E-state index contributed by atoms with van der Waals surface area (Å²) in [6.45, 7) is 6.26. The topological polar surface area (TPSA) is 79.4 Å². The summed E-state index contributed by atoms with van der Waals surface area (Å²) in [4.78, 5) is 30.8. The number of aryl methyl sites for hydroxylation is 1. The Balaban J connectivity index is 1.30. The van der Waals surface area contributed by atoms with Gasteiger partial charge in [-0.15, -0.1) is 0 Å². The molecule has 2 aromatic carbocycles. The smallest absolute Gasteiger partial charge is 0.256 e. The number of piperidine rings is 1. The first kappa shape index (κ1) is 27.6. The Bertz CT molecular complexity index is 1580. The number of fused-ring (bicyclic) bond motifs is 1. The molecule has 40 heavy (non-hydrogen) atoms. The molecule has 4 aromatic rings. The Morgan fingerprint density at radius 1 is 1.05 bits per heavy atom.